The van der Waals surface area contributed by atoms with Gasteiger partial charge in [-0.05, 0) is 40.2 Å². The van der Waals surface area contributed by atoms with E-state index >= 15 is 0 Å². The lowest BCUT2D eigenvalue weighted by atomic mass is 10.2. The topological polar surface area (TPSA) is 105 Å². The number of hydrogen-bond acceptors (Lipinski definition) is 7. The van der Waals surface area contributed by atoms with E-state index in [1.54, 1.807) is 29.4 Å². The maximum atomic E-state index is 13.0. The molecule has 2 aromatic rings. The molecule has 1 fully saturated rings. The number of halogens is 1. The van der Waals surface area contributed by atoms with Crippen molar-refractivity contribution >= 4 is 37.8 Å². The summed E-state index contributed by atoms with van der Waals surface area (Å²) in [5, 5.41) is 0. The predicted octanol–water partition coefficient (Wildman–Crippen LogP) is 1.13. The van der Waals surface area contributed by atoms with Gasteiger partial charge in [0.1, 0.15) is 0 Å². The Morgan fingerprint density at radius 2 is 1.90 bits per heavy atom. The molecule has 1 aromatic carbocycles. The maximum absolute atomic E-state index is 13.0. The van der Waals surface area contributed by atoms with E-state index in [4.69, 9.17) is 4.74 Å². The average Bonchev–Trinajstić information content (AvgIpc) is 2.74. The Morgan fingerprint density at radius 1 is 1.21 bits per heavy atom. The fourth-order valence-corrected chi connectivity index (χ4v) is 4.39. The first kappa shape index (κ1) is 21.6. The molecule has 0 aliphatic carbocycles. The summed E-state index contributed by atoms with van der Waals surface area (Å²) in [6, 6.07) is 6.19. The maximum Gasteiger partial charge on any atom is 0.255 e. The number of hydrogen-bond donors (Lipinski definition) is 1. The van der Waals surface area contributed by atoms with E-state index < -0.39 is 10.0 Å². The summed E-state index contributed by atoms with van der Waals surface area (Å²) in [5.41, 5.74) is 0.309. The van der Waals surface area contributed by atoms with Crippen LogP contribution in [0.5, 0.6) is 0 Å². The number of sulfonamides is 1. The Morgan fingerprint density at radius 3 is 2.55 bits per heavy atom. The number of ether oxygens (including phenoxy) is 1. The number of nitrogens with one attached hydrogen (secondary N) is 1. The second-order valence-corrected chi connectivity index (χ2v) is 8.98. The fraction of sp³-hybridized carbons (Fsp3) is 0.389. The standard InChI is InChI=1S/C18H22BrN5O4S/c1-28-12-7-22-29(26,27)14-3-4-16(19)15(13-14)17(25)23-8-10-24(11-9-23)18-20-5-2-6-21-18/h2-6,13,22H,7-12H2,1H3. The van der Waals surface area contributed by atoms with Gasteiger partial charge in [-0.15, -0.1) is 0 Å². The molecule has 9 nitrogen and oxygen atoms in total. The van der Waals surface area contributed by atoms with Crippen LogP contribution in [-0.2, 0) is 14.8 Å². The molecule has 156 valence electrons. The first-order chi connectivity index (χ1) is 13.9. The van der Waals surface area contributed by atoms with E-state index in [9.17, 15) is 13.2 Å². The lowest BCUT2D eigenvalue weighted by Gasteiger charge is -2.34. The van der Waals surface area contributed by atoms with Gasteiger partial charge < -0.3 is 14.5 Å². The Hall–Kier alpha value is -2.08. The van der Waals surface area contributed by atoms with Gasteiger partial charge in [-0.2, -0.15) is 0 Å². The Bertz CT molecular complexity index is 950. The first-order valence-corrected chi connectivity index (χ1v) is 11.3. The summed E-state index contributed by atoms with van der Waals surface area (Å²) < 4.78 is 32.7. The third-order valence-corrected chi connectivity index (χ3v) is 6.63. The molecule has 1 aromatic heterocycles. The average molecular weight is 484 g/mol. The van der Waals surface area contributed by atoms with Crippen molar-refractivity contribution in [3.63, 3.8) is 0 Å². The highest BCUT2D eigenvalue weighted by Gasteiger charge is 2.26. The quantitative estimate of drug-likeness (QED) is 0.588. The molecule has 0 radical (unpaired) electrons. The summed E-state index contributed by atoms with van der Waals surface area (Å²) in [6.45, 7) is 2.60. The van der Waals surface area contributed by atoms with Gasteiger partial charge in [-0.3, -0.25) is 4.79 Å². The van der Waals surface area contributed by atoms with Gasteiger partial charge in [0.25, 0.3) is 5.91 Å². The van der Waals surface area contributed by atoms with Crippen LogP contribution in [0.2, 0.25) is 0 Å². The van der Waals surface area contributed by atoms with Gasteiger partial charge in [0, 0.05) is 56.7 Å². The fourth-order valence-electron chi connectivity index (χ4n) is 2.93. The Kier molecular flexibility index (Phi) is 7.17. The molecule has 1 saturated heterocycles. The molecule has 11 heteroatoms. The molecule has 1 aliphatic heterocycles. The SMILES string of the molecule is COCCNS(=O)(=O)c1ccc(Br)c(C(=O)N2CCN(c3ncccn3)CC2)c1. The van der Waals surface area contributed by atoms with Crippen molar-refractivity contribution in [2.24, 2.45) is 0 Å². The Labute approximate surface area is 178 Å². The van der Waals surface area contributed by atoms with Gasteiger partial charge in [0.2, 0.25) is 16.0 Å². The van der Waals surface area contributed by atoms with Crippen molar-refractivity contribution in [3.05, 3.63) is 46.7 Å². The van der Waals surface area contributed by atoms with Crippen LogP contribution in [0.4, 0.5) is 5.95 Å². The number of methoxy groups -OCH3 is 1. The van der Waals surface area contributed by atoms with Crippen LogP contribution >= 0.6 is 15.9 Å². The summed E-state index contributed by atoms with van der Waals surface area (Å²) in [6.07, 6.45) is 3.37. The van der Waals surface area contributed by atoms with Crippen molar-refractivity contribution in [1.82, 2.24) is 19.6 Å². The highest BCUT2D eigenvalue weighted by molar-refractivity contribution is 9.10. The van der Waals surface area contributed by atoms with E-state index in [2.05, 4.69) is 30.6 Å². The number of amides is 1. The third-order valence-electron chi connectivity index (χ3n) is 4.48. The molecule has 1 N–H and O–H groups in total. The number of anilines is 1. The van der Waals surface area contributed by atoms with E-state index in [0.29, 0.717) is 42.2 Å². The van der Waals surface area contributed by atoms with E-state index in [1.807, 2.05) is 4.90 Å². The minimum atomic E-state index is -3.73. The molecule has 0 spiro atoms. The van der Waals surface area contributed by atoms with Crippen LogP contribution in [0.15, 0.2) is 46.0 Å². The molecule has 29 heavy (non-hydrogen) atoms. The van der Waals surface area contributed by atoms with E-state index in [-0.39, 0.29) is 24.0 Å². The zero-order valence-corrected chi connectivity index (χ0v) is 18.3. The minimum absolute atomic E-state index is 0.0384. The second kappa shape index (κ2) is 9.61. The van der Waals surface area contributed by atoms with Gasteiger partial charge in [-0.1, -0.05) is 0 Å². The molecule has 0 atom stereocenters. The Balaban J connectivity index is 1.71. The third kappa shape index (κ3) is 5.30. The summed E-state index contributed by atoms with van der Waals surface area (Å²) >= 11 is 3.36. The molecule has 0 unspecified atom stereocenters. The molecule has 0 bridgehead atoms. The van der Waals surface area contributed by atoms with Gasteiger partial charge in [-0.25, -0.2) is 23.1 Å². The largest absolute Gasteiger partial charge is 0.383 e. The van der Waals surface area contributed by atoms with Crippen LogP contribution in [-0.4, -0.2) is 75.6 Å². The number of piperazine rings is 1. The zero-order valence-electron chi connectivity index (χ0n) is 15.9. The first-order valence-electron chi connectivity index (χ1n) is 9.02. The highest BCUT2D eigenvalue weighted by atomic mass is 79.9. The number of benzene rings is 1. The molecule has 3 rings (SSSR count). The van der Waals surface area contributed by atoms with Crippen LogP contribution in [0.1, 0.15) is 10.4 Å². The lowest BCUT2D eigenvalue weighted by Crippen LogP contribution is -2.49. The molecule has 1 amide bonds. The molecular formula is C18H22BrN5O4S. The van der Waals surface area contributed by atoms with E-state index in [1.165, 1.54) is 19.2 Å². The van der Waals surface area contributed by atoms with Crippen LogP contribution < -0.4 is 9.62 Å². The number of nitrogens with zero attached hydrogens (tertiary/aromatic N) is 4. The van der Waals surface area contributed by atoms with Gasteiger partial charge in [0.05, 0.1) is 17.1 Å². The molecule has 1 aliphatic rings. The van der Waals surface area contributed by atoms with E-state index in [0.717, 1.165) is 0 Å². The van der Waals surface area contributed by atoms with Gasteiger partial charge in [0.15, 0.2) is 0 Å². The van der Waals surface area contributed by atoms with Gasteiger partial charge >= 0.3 is 0 Å². The summed E-state index contributed by atoms with van der Waals surface area (Å²) in [5.74, 6) is 0.412. The van der Waals surface area contributed by atoms with Crippen molar-refractivity contribution in [2.75, 3.05) is 51.3 Å². The van der Waals surface area contributed by atoms with Crippen LogP contribution in [0.25, 0.3) is 0 Å². The van der Waals surface area contributed by atoms with Crippen molar-refractivity contribution in [3.8, 4) is 0 Å². The van der Waals surface area contributed by atoms with Crippen molar-refractivity contribution in [1.29, 1.82) is 0 Å². The second-order valence-electron chi connectivity index (χ2n) is 6.36. The number of aromatic nitrogens is 2. The van der Waals surface area contributed by atoms with Crippen LogP contribution in [0, 0.1) is 0 Å². The van der Waals surface area contributed by atoms with Crippen molar-refractivity contribution in [2.45, 2.75) is 4.90 Å². The highest BCUT2D eigenvalue weighted by Crippen LogP contribution is 2.23. The molecular weight excluding hydrogens is 462 g/mol. The lowest BCUT2D eigenvalue weighted by molar-refractivity contribution is 0.0745. The molecule has 0 saturated carbocycles. The summed E-state index contributed by atoms with van der Waals surface area (Å²) in [7, 11) is -2.23. The number of carbonyl (C=O) groups excluding carboxylic acids is 1. The zero-order chi connectivity index (χ0) is 20.9. The summed E-state index contributed by atoms with van der Waals surface area (Å²) in [4.78, 5) is 25.2. The predicted molar refractivity (Wildman–Crippen MR) is 111 cm³/mol. The normalized spacial score (nSPS) is 14.8. The van der Waals surface area contributed by atoms with Crippen molar-refractivity contribution < 1.29 is 17.9 Å². The number of carbonyl (C=O) groups is 1. The molecule has 2 heterocycles. The number of rotatable bonds is 7. The minimum Gasteiger partial charge on any atom is -0.383 e. The van der Waals surface area contributed by atoms with Crippen LogP contribution in [0.3, 0.4) is 0 Å². The smallest absolute Gasteiger partial charge is 0.255 e. The monoisotopic (exact) mass is 483 g/mol.